The molecule has 0 aliphatic carbocycles. The zero-order chi connectivity index (χ0) is 30.0. The van der Waals surface area contributed by atoms with Gasteiger partial charge in [-0.05, 0) is 18.1 Å². The summed E-state index contributed by atoms with van der Waals surface area (Å²) in [6.45, 7) is 3.95. The Kier molecular flexibility index (Phi) is 15.5. The first-order valence-electron chi connectivity index (χ1n) is 17.4. The minimum Gasteiger partial charge on any atom is -0.361 e. The number of H-pyrrole nitrogens is 1. The Bertz CT molecular complexity index is 1050. The van der Waals surface area contributed by atoms with Gasteiger partial charge >= 0.3 is 0 Å². The van der Waals surface area contributed by atoms with Crippen LogP contribution in [0.1, 0.15) is 128 Å². The van der Waals surface area contributed by atoms with Crippen molar-refractivity contribution < 1.29 is 14.1 Å². The summed E-state index contributed by atoms with van der Waals surface area (Å²) in [5, 5.41) is 7.39. The van der Waals surface area contributed by atoms with Crippen LogP contribution in [0.4, 0.5) is 0 Å². The predicted molar refractivity (Wildman–Crippen MR) is 176 cm³/mol. The molecule has 1 aromatic heterocycles. The summed E-state index contributed by atoms with van der Waals surface area (Å²) >= 11 is 0. The summed E-state index contributed by atoms with van der Waals surface area (Å²) < 4.78 is 0.687. The van der Waals surface area contributed by atoms with E-state index >= 15 is 0 Å². The Balaban J connectivity index is 1.31. The highest BCUT2D eigenvalue weighted by molar-refractivity contribution is 5.91. The largest absolute Gasteiger partial charge is 0.361 e. The smallest absolute Gasteiger partial charge is 0.279 e. The molecule has 3 N–H and O–H groups in total. The first-order chi connectivity index (χ1) is 20.4. The van der Waals surface area contributed by atoms with Crippen molar-refractivity contribution in [2.24, 2.45) is 0 Å². The normalized spacial score (nSPS) is 17.0. The van der Waals surface area contributed by atoms with E-state index in [1.54, 1.807) is 0 Å². The summed E-state index contributed by atoms with van der Waals surface area (Å²) in [7, 11) is 4.23. The second-order valence-electron chi connectivity index (χ2n) is 13.4. The lowest BCUT2D eigenvalue weighted by Crippen LogP contribution is -2.57. The summed E-state index contributed by atoms with van der Waals surface area (Å²) in [6.07, 6.45) is 25.8. The number of rotatable bonds is 22. The Morgan fingerprint density at radius 1 is 0.857 bits per heavy atom. The van der Waals surface area contributed by atoms with E-state index in [0.717, 1.165) is 48.7 Å². The van der Waals surface area contributed by atoms with Crippen LogP contribution in [-0.4, -0.2) is 60.5 Å². The van der Waals surface area contributed by atoms with Gasteiger partial charge in [0.25, 0.3) is 5.91 Å². The molecule has 0 unspecified atom stereocenters. The molecule has 0 spiro atoms. The molecular weight excluding hydrogens is 520 g/mol. The maximum absolute atomic E-state index is 13.3. The highest BCUT2D eigenvalue weighted by Crippen LogP contribution is 2.23. The van der Waals surface area contributed by atoms with Gasteiger partial charge in [-0.15, -0.1) is 0 Å². The lowest BCUT2D eigenvalue weighted by molar-refractivity contribution is -0.893. The number of benzene rings is 1. The number of amides is 2. The zero-order valence-electron chi connectivity index (χ0n) is 27.2. The van der Waals surface area contributed by atoms with E-state index in [1.807, 2.05) is 24.4 Å². The van der Waals surface area contributed by atoms with Gasteiger partial charge in [0.1, 0.15) is 6.04 Å². The van der Waals surface area contributed by atoms with Crippen molar-refractivity contribution in [3.05, 3.63) is 36.0 Å². The fourth-order valence-electron chi connectivity index (χ4n) is 6.65. The van der Waals surface area contributed by atoms with Crippen LogP contribution in [0.25, 0.3) is 10.9 Å². The second-order valence-corrected chi connectivity index (χ2v) is 13.4. The number of likely N-dealkylation sites (N-methyl/N-ethyl adjacent to an activating group) is 1. The van der Waals surface area contributed by atoms with Crippen LogP contribution in [0, 0.1) is 0 Å². The Morgan fingerprint density at radius 3 is 2.00 bits per heavy atom. The van der Waals surface area contributed by atoms with Gasteiger partial charge in [0.05, 0.1) is 20.6 Å². The molecule has 3 rings (SSSR count). The molecule has 1 aliphatic heterocycles. The predicted octanol–water partition coefficient (Wildman–Crippen LogP) is 7.81. The SMILES string of the molecule is CCCCCCCCCCCCCCCCCCNC(=O)[C@H](Cc1c[nH]c2ccccc12)NC(=O)[C@@H]1CCC[N+]1(C)C. The summed E-state index contributed by atoms with van der Waals surface area (Å²) in [5.74, 6) is -0.0715. The Morgan fingerprint density at radius 2 is 1.43 bits per heavy atom. The Labute approximate surface area is 256 Å². The van der Waals surface area contributed by atoms with Crippen molar-refractivity contribution in [1.82, 2.24) is 15.6 Å². The number of aromatic amines is 1. The van der Waals surface area contributed by atoms with Gasteiger partial charge in [-0.25, -0.2) is 0 Å². The first kappa shape index (κ1) is 34.2. The molecule has 2 amide bonds. The molecule has 0 bridgehead atoms. The van der Waals surface area contributed by atoms with E-state index in [0.29, 0.717) is 17.4 Å². The molecule has 1 aliphatic rings. The van der Waals surface area contributed by atoms with E-state index in [9.17, 15) is 9.59 Å². The molecule has 42 heavy (non-hydrogen) atoms. The zero-order valence-corrected chi connectivity index (χ0v) is 27.2. The number of likely N-dealkylation sites (tertiary alicyclic amines) is 1. The number of quaternary nitrogens is 1. The van der Waals surface area contributed by atoms with E-state index in [-0.39, 0.29) is 17.9 Å². The number of carbonyl (C=O) groups excluding carboxylic acids is 2. The number of aromatic nitrogens is 1. The molecule has 6 heteroatoms. The number of nitrogens with zero attached hydrogens (tertiary/aromatic N) is 1. The molecule has 1 aromatic carbocycles. The second kappa shape index (κ2) is 19.0. The maximum Gasteiger partial charge on any atom is 0.279 e. The third-order valence-corrected chi connectivity index (χ3v) is 9.42. The Hall–Kier alpha value is -2.34. The molecule has 2 heterocycles. The number of unbranched alkanes of at least 4 members (excludes halogenated alkanes) is 15. The number of nitrogens with one attached hydrogen (secondary N) is 3. The van der Waals surface area contributed by atoms with Crippen LogP contribution in [0.3, 0.4) is 0 Å². The van der Waals surface area contributed by atoms with Gasteiger partial charge in [-0.2, -0.15) is 0 Å². The van der Waals surface area contributed by atoms with E-state index < -0.39 is 6.04 Å². The average Bonchev–Trinajstić information content (AvgIpc) is 3.56. The number of fused-ring (bicyclic) bond motifs is 1. The van der Waals surface area contributed by atoms with E-state index in [4.69, 9.17) is 0 Å². The summed E-state index contributed by atoms with van der Waals surface area (Å²) in [6, 6.07) is 7.48. The fourth-order valence-corrected chi connectivity index (χ4v) is 6.65. The average molecular weight is 582 g/mol. The van der Waals surface area contributed by atoms with Gasteiger partial charge in [-0.1, -0.05) is 121 Å². The standard InChI is InChI=1S/C36H60N4O2/c1-4-5-6-7-8-9-10-11-12-13-14-15-16-17-18-21-26-37-35(41)33(39-36(42)34-25-22-27-40(34,2)3)28-30-29-38-32-24-20-19-23-31(30)32/h19-20,23-24,29,33-34,38H,4-18,21-22,25-28H2,1-3H3,(H-,37,39,41,42)/p+1/t33-,34-/m0/s1. The molecule has 2 atom stereocenters. The lowest BCUT2D eigenvalue weighted by Gasteiger charge is -2.31. The highest BCUT2D eigenvalue weighted by Gasteiger charge is 2.40. The van der Waals surface area contributed by atoms with Crippen molar-refractivity contribution in [2.45, 2.75) is 141 Å². The summed E-state index contributed by atoms with van der Waals surface area (Å²) in [4.78, 5) is 29.9. The molecule has 1 saturated heterocycles. The molecule has 0 saturated carbocycles. The van der Waals surface area contributed by atoms with Crippen LogP contribution in [0.2, 0.25) is 0 Å². The van der Waals surface area contributed by atoms with Crippen LogP contribution in [0.5, 0.6) is 0 Å². The third kappa shape index (κ3) is 11.7. The molecule has 2 aromatic rings. The van der Waals surface area contributed by atoms with Gasteiger partial charge in [0.2, 0.25) is 5.91 Å². The van der Waals surface area contributed by atoms with E-state index in [1.165, 1.54) is 89.9 Å². The minimum atomic E-state index is -0.571. The van der Waals surface area contributed by atoms with Crippen molar-refractivity contribution in [2.75, 3.05) is 27.2 Å². The van der Waals surface area contributed by atoms with E-state index in [2.05, 4.69) is 42.7 Å². The number of carbonyl (C=O) groups is 2. The minimum absolute atomic E-state index is 0.0000924. The molecular formula is C36H61N4O2+. The molecule has 236 valence electrons. The number of hydrogen-bond acceptors (Lipinski definition) is 2. The van der Waals surface area contributed by atoms with Crippen molar-refractivity contribution >= 4 is 22.7 Å². The number of hydrogen-bond donors (Lipinski definition) is 3. The van der Waals surface area contributed by atoms with Crippen LogP contribution in [0.15, 0.2) is 30.5 Å². The quantitative estimate of drug-likeness (QED) is 0.0980. The van der Waals surface area contributed by atoms with Gasteiger partial charge in [0.15, 0.2) is 6.04 Å². The van der Waals surface area contributed by atoms with Crippen molar-refractivity contribution in [3.63, 3.8) is 0 Å². The lowest BCUT2D eigenvalue weighted by atomic mass is 10.0. The monoisotopic (exact) mass is 581 g/mol. The molecule has 0 radical (unpaired) electrons. The van der Waals surface area contributed by atoms with Crippen molar-refractivity contribution in [1.29, 1.82) is 0 Å². The first-order valence-corrected chi connectivity index (χ1v) is 17.4. The highest BCUT2D eigenvalue weighted by atomic mass is 16.2. The molecule has 6 nitrogen and oxygen atoms in total. The van der Waals surface area contributed by atoms with Gasteiger partial charge in [0, 0.05) is 42.9 Å². The van der Waals surface area contributed by atoms with Crippen LogP contribution < -0.4 is 10.6 Å². The van der Waals surface area contributed by atoms with Crippen LogP contribution in [-0.2, 0) is 16.0 Å². The van der Waals surface area contributed by atoms with Crippen LogP contribution >= 0.6 is 0 Å². The maximum atomic E-state index is 13.3. The third-order valence-electron chi connectivity index (χ3n) is 9.42. The van der Waals surface area contributed by atoms with Gasteiger partial charge in [-0.3, -0.25) is 9.59 Å². The molecule has 1 fully saturated rings. The topological polar surface area (TPSA) is 74.0 Å². The summed E-state index contributed by atoms with van der Waals surface area (Å²) in [5.41, 5.74) is 2.12. The van der Waals surface area contributed by atoms with Gasteiger partial charge < -0.3 is 20.1 Å². The number of para-hydroxylation sites is 1. The van der Waals surface area contributed by atoms with Crippen molar-refractivity contribution in [3.8, 4) is 0 Å². The fraction of sp³-hybridized carbons (Fsp3) is 0.722.